The van der Waals surface area contributed by atoms with Gasteiger partial charge in [0.2, 0.25) is 11.8 Å². The number of aryl methyl sites for hydroxylation is 1. The van der Waals surface area contributed by atoms with E-state index in [0.717, 1.165) is 9.87 Å². The summed E-state index contributed by atoms with van der Waals surface area (Å²) >= 11 is 12.9. The molecule has 0 bridgehead atoms. The summed E-state index contributed by atoms with van der Waals surface area (Å²) in [6, 6.07) is 16.9. The lowest BCUT2D eigenvalue weighted by molar-refractivity contribution is -0.140. The standard InChI is InChI=1S/C30H35Cl2N3O5S/c1-5-28(30(37)33-6-2)34(19-25-26(31)9-8-10-27(25)32)29(36)20-35(22-13-11-21(4)12-14-22)41(38,39)24-17-15-23(16-18-24)40-7-3/h8-18,28H,5-7,19-20H2,1-4H3,(H,33,37)/t28-/m1/s1. The minimum absolute atomic E-state index is 0.00852. The average molecular weight is 621 g/mol. The number of halogens is 2. The molecule has 0 aromatic heterocycles. The van der Waals surface area contributed by atoms with Gasteiger partial charge in [-0.3, -0.25) is 13.9 Å². The van der Waals surface area contributed by atoms with Crippen molar-refractivity contribution in [2.45, 2.75) is 51.6 Å². The van der Waals surface area contributed by atoms with E-state index in [0.29, 0.717) is 40.2 Å². The van der Waals surface area contributed by atoms with E-state index in [2.05, 4.69) is 5.32 Å². The maximum absolute atomic E-state index is 14.1. The SMILES string of the molecule is CCNC(=O)[C@@H](CC)N(Cc1c(Cl)cccc1Cl)C(=O)CN(c1ccc(C)cc1)S(=O)(=O)c1ccc(OCC)cc1. The Bertz CT molecular complexity index is 1430. The monoisotopic (exact) mass is 619 g/mol. The molecule has 1 N–H and O–H groups in total. The van der Waals surface area contributed by atoms with E-state index in [1.54, 1.807) is 68.4 Å². The molecule has 1 atom stereocenters. The first kappa shape index (κ1) is 32.2. The number of rotatable bonds is 13. The van der Waals surface area contributed by atoms with Gasteiger partial charge < -0.3 is 15.0 Å². The van der Waals surface area contributed by atoms with Crippen LogP contribution in [0.5, 0.6) is 5.75 Å². The molecule has 3 aromatic rings. The van der Waals surface area contributed by atoms with E-state index in [4.69, 9.17) is 27.9 Å². The molecule has 0 spiro atoms. The quantitative estimate of drug-likeness (QED) is 0.259. The van der Waals surface area contributed by atoms with E-state index in [-0.39, 0.29) is 23.8 Å². The van der Waals surface area contributed by atoms with Crippen LogP contribution < -0.4 is 14.4 Å². The van der Waals surface area contributed by atoms with Crippen molar-refractivity contribution in [1.29, 1.82) is 0 Å². The van der Waals surface area contributed by atoms with Crippen LogP contribution in [0.25, 0.3) is 0 Å². The molecule has 0 saturated carbocycles. The van der Waals surface area contributed by atoms with Crippen molar-refractivity contribution in [2.75, 3.05) is 24.0 Å². The third-order valence-corrected chi connectivity index (χ3v) is 8.95. The Labute approximate surface area is 252 Å². The fourth-order valence-corrected chi connectivity index (χ4v) is 6.24. The van der Waals surface area contributed by atoms with E-state index in [9.17, 15) is 18.0 Å². The number of hydrogen-bond donors (Lipinski definition) is 1. The molecular formula is C30H35Cl2N3O5S. The van der Waals surface area contributed by atoms with Gasteiger partial charge in [-0.1, -0.05) is 53.9 Å². The van der Waals surface area contributed by atoms with Crippen LogP contribution in [0.4, 0.5) is 5.69 Å². The number of sulfonamides is 1. The molecule has 0 heterocycles. The smallest absolute Gasteiger partial charge is 0.264 e. The second-order valence-corrected chi connectivity index (χ2v) is 12.0. The molecule has 0 aliphatic heterocycles. The fraction of sp³-hybridized carbons (Fsp3) is 0.333. The van der Waals surface area contributed by atoms with E-state index in [1.807, 2.05) is 13.8 Å². The second-order valence-electron chi connectivity index (χ2n) is 9.29. The highest BCUT2D eigenvalue weighted by atomic mass is 35.5. The summed E-state index contributed by atoms with van der Waals surface area (Å²) in [5.41, 5.74) is 1.69. The van der Waals surface area contributed by atoms with E-state index >= 15 is 0 Å². The van der Waals surface area contributed by atoms with Crippen LogP contribution in [-0.2, 0) is 26.2 Å². The number of carbonyl (C=O) groups excluding carboxylic acids is 2. The first-order valence-corrected chi connectivity index (χ1v) is 15.5. The van der Waals surface area contributed by atoms with Gasteiger partial charge in [0.25, 0.3) is 10.0 Å². The zero-order valence-corrected chi connectivity index (χ0v) is 25.9. The Morgan fingerprint density at radius 1 is 0.927 bits per heavy atom. The van der Waals surface area contributed by atoms with Gasteiger partial charge >= 0.3 is 0 Å². The van der Waals surface area contributed by atoms with Crippen molar-refractivity contribution in [2.24, 2.45) is 0 Å². The summed E-state index contributed by atoms with van der Waals surface area (Å²) in [7, 11) is -4.20. The van der Waals surface area contributed by atoms with Gasteiger partial charge in [0.05, 0.1) is 17.2 Å². The Balaban J connectivity index is 2.08. The van der Waals surface area contributed by atoms with Gasteiger partial charge in [-0.05, 0) is 75.7 Å². The predicted octanol–water partition coefficient (Wildman–Crippen LogP) is 5.84. The zero-order chi connectivity index (χ0) is 30.2. The third kappa shape index (κ3) is 7.93. The van der Waals surface area contributed by atoms with Crippen molar-refractivity contribution in [3.05, 3.63) is 87.9 Å². The van der Waals surface area contributed by atoms with Gasteiger partial charge in [0.1, 0.15) is 18.3 Å². The van der Waals surface area contributed by atoms with Crippen LogP contribution in [0.3, 0.4) is 0 Å². The van der Waals surface area contributed by atoms with Crippen LogP contribution in [0, 0.1) is 6.92 Å². The van der Waals surface area contributed by atoms with Crippen LogP contribution in [-0.4, -0.2) is 50.9 Å². The minimum Gasteiger partial charge on any atom is -0.494 e. The highest BCUT2D eigenvalue weighted by Gasteiger charge is 2.34. The summed E-state index contributed by atoms with van der Waals surface area (Å²) in [5, 5.41) is 3.43. The molecule has 220 valence electrons. The third-order valence-electron chi connectivity index (χ3n) is 6.45. The van der Waals surface area contributed by atoms with Gasteiger partial charge in [-0.2, -0.15) is 0 Å². The largest absolute Gasteiger partial charge is 0.494 e. The van der Waals surface area contributed by atoms with Crippen LogP contribution in [0.15, 0.2) is 71.6 Å². The summed E-state index contributed by atoms with van der Waals surface area (Å²) in [6.07, 6.45) is 0.288. The van der Waals surface area contributed by atoms with Crippen LogP contribution >= 0.6 is 23.2 Å². The number of hydrogen-bond acceptors (Lipinski definition) is 5. The molecule has 0 saturated heterocycles. The maximum atomic E-state index is 14.1. The molecule has 41 heavy (non-hydrogen) atoms. The molecule has 0 aliphatic rings. The Hall–Kier alpha value is -3.27. The topological polar surface area (TPSA) is 96.0 Å². The number of nitrogens with zero attached hydrogens (tertiary/aromatic N) is 2. The molecule has 3 aromatic carbocycles. The molecule has 8 nitrogen and oxygen atoms in total. The highest BCUT2D eigenvalue weighted by molar-refractivity contribution is 7.92. The highest BCUT2D eigenvalue weighted by Crippen LogP contribution is 2.29. The van der Waals surface area contributed by atoms with Gasteiger partial charge in [0.15, 0.2) is 0 Å². The molecule has 0 unspecified atom stereocenters. The number of nitrogens with one attached hydrogen (secondary N) is 1. The van der Waals surface area contributed by atoms with Crippen LogP contribution in [0.1, 0.15) is 38.3 Å². The lowest BCUT2D eigenvalue weighted by Gasteiger charge is -2.33. The summed E-state index contributed by atoms with van der Waals surface area (Å²) < 4.78 is 34.5. The van der Waals surface area contributed by atoms with Crippen molar-refractivity contribution in [1.82, 2.24) is 10.2 Å². The molecule has 3 rings (SSSR count). The van der Waals surface area contributed by atoms with E-state index < -0.39 is 28.5 Å². The molecule has 11 heteroatoms. The first-order chi connectivity index (χ1) is 19.5. The second kappa shape index (κ2) is 14.6. The van der Waals surface area contributed by atoms with E-state index in [1.165, 1.54) is 17.0 Å². The normalized spacial score (nSPS) is 12.0. The Morgan fingerprint density at radius 2 is 1.54 bits per heavy atom. The number of likely N-dealkylation sites (N-methyl/N-ethyl adjacent to an activating group) is 1. The number of benzene rings is 3. The minimum atomic E-state index is -4.20. The summed E-state index contributed by atoms with van der Waals surface area (Å²) in [4.78, 5) is 28.5. The molecule has 2 amide bonds. The molecule has 0 aliphatic carbocycles. The lowest BCUT2D eigenvalue weighted by atomic mass is 10.1. The van der Waals surface area contributed by atoms with Crippen LogP contribution in [0.2, 0.25) is 10.0 Å². The number of carbonyl (C=O) groups is 2. The number of anilines is 1. The number of ether oxygens (including phenoxy) is 1. The maximum Gasteiger partial charge on any atom is 0.264 e. The summed E-state index contributed by atoms with van der Waals surface area (Å²) in [6.45, 7) is 7.44. The van der Waals surface area contributed by atoms with Crippen molar-refractivity contribution in [3.8, 4) is 5.75 Å². The average Bonchev–Trinajstić information content (AvgIpc) is 2.94. The molecule has 0 radical (unpaired) electrons. The molecular weight excluding hydrogens is 585 g/mol. The predicted molar refractivity (Wildman–Crippen MR) is 163 cm³/mol. The fourth-order valence-electron chi connectivity index (χ4n) is 4.31. The van der Waals surface area contributed by atoms with Crippen molar-refractivity contribution < 1.29 is 22.7 Å². The van der Waals surface area contributed by atoms with Gasteiger partial charge in [0, 0.05) is 28.7 Å². The van der Waals surface area contributed by atoms with Crippen molar-refractivity contribution >= 4 is 50.7 Å². The number of amides is 2. The Morgan fingerprint density at radius 3 is 2.07 bits per heavy atom. The van der Waals surface area contributed by atoms with Crippen molar-refractivity contribution in [3.63, 3.8) is 0 Å². The lowest BCUT2D eigenvalue weighted by Crippen LogP contribution is -2.52. The Kier molecular flexibility index (Phi) is 11.5. The van der Waals surface area contributed by atoms with Gasteiger partial charge in [-0.15, -0.1) is 0 Å². The first-order valence-electron chi connectivity index (χ1n) is 13.4. The molecule has 0 fully saturated rings. The summed E-state index contributed by atoms with van der Waals surface area (Å²) in [5.74, 6) is -0.420. The zero-order valence-electron chi connectivity index (χ0n) is 23.6. The van der Waals surface area contributed by atoms with Gasteiger partial charge in [-0.25, -0.2) is 8.42 Å².